The van der Waals surface area contributed by atoms with Crippen molar-refractivity contribution >= 4 is 11.6 Å². The zero-order valence-corrected chi connectivity index (χ0v) is 10.7. The average molecular weight is 231 g/mol. The minimum atomic E-state index is 0.298. The van der Waals surface area contributed by atoms with Crippen LogP contribution >= 0.6 is 11.6 Å². The van der Waals surface area contributed by atoms with Crippen LogP contribution < -0.4 is 0 Å². The van der Waals surface area contributed by atoms with Crippen molar-refractivity contribution in [2.45, 2.75) is 63.4 Å². The number of rotatable bonds is 3. The van der Waals surface area contributed by atoms with Gasteiger partial charge in [-0.3, -0.25) is 0 Å². The highest BCUT2D eigenvalue weighted by Gasteiger charge is 2.43. The van der Waals surface area contributed by atoms with Crippen molar-refractivity contribution in [1.82, 2.24) is 0 Å². The van der Waals surface area contributed by atoms with Crippen molar-refractivity contribution in [1.29, 1.82) is 0 Å². The lowest BCUT2D eigenvalue weighted by Crippen LogP contribution is -2.46. The van der Waals surface area contributed by atoms with E-state index in [9.17, 15) is 0 Å². The molecule has 0 aromatic carbocycles. The highest BCUT2D eigenvalue weighted by Crippen LogP contribution is 2.46. The fourth-order valence-corrected chi connectivity index (χ4v) is 3.46. The Morgan fingerprint density at radius 3 is 2.67 bits per heavy atom. The predicted octanol–water partition coefficient (Wildman–Crippen LogP) is 3.99. The van der Waals surface area contributed by atoms with Gasteiger partial charge in [-0.05, 0) is 57.3 Å². The molecule has 2 heteroatoms. The highest BCUT2D eigenvalue weighted by atomic mass is 35.5. The van der Waals surface area contributed by atoms with Gasteiger partial charge >= 0.3 is 0 Å². The molecule has 0 aromatic rings. The van der Waals surface area contributed by atoms with Crippen molar-refractivity contribution in [3.63, 3.8) is 0 Å². The van der Waals surface area contributed by atoms with Crippen LogP contribution in [0.3, 0.4) is 0 Å². The Bertz CT molecular complexity index is 211. The van der Waals surface area contributed by atoms with Crippen LogP contribution in [0.15, 0.2) is 0 Å². The molecule has 0 radical (unpaired) electrons. The van der Waals surface area contributed by atoms with Crippen molar-refractivity contribution in [2.75, 3.05) is 6.61 Å². The van der Waals surface area contributed by atoms with E-state index in [1.54, 1.807) is 0 Å². The van der Waals surface area contributed by atoms with Gasteiger partial charge in [0.25, 0.3) is 0 Å². The largest absolute Gasteiger partial charge is 0.375 e. The Morgan fingerprint density at radius 2 is 2.13 bits per heavy atom. The molecular formula is C13H23ClO. The molecule has 0 N–H and O–H groups in total. The number of alkyl halides is 1. The van der Waals surface area contributed by atoms with Crippen molar-refractivity contribution < 1.29 is 4.74 Å². The Hall–Kier alpha value is 0.250. The van der Waals surface area contributed by atoms with Gasteiger partial charge in [0.2, 0.25) is 0 Å². The maximum absolute atomic E-state index is 6.08. The van der Waals surface area contributed by atoms with E-state index in [1.165, 1.54) is 32.1 Å². The van der Waals surface area contributed by atoms with Gasteiger partial charge in [0, 0.05) is 12.0 Å². The molecular weight excluding hydrogens is 208 g/mol. The fraction of sp³-hybridized carbons (Fsp3) is 1.00. The monoisotopic (exact) mass is 230 g/mol. The van der Waals surface area contributed by atoms with Crippen LogP contribution in [-0.2, 0) is 4.74 Å². The zero-order chi connectivity index (χ0) is 10.9. The molecule has 1 aliphatic carbocycles. The Morgan fingerprint density at radius 1 is 1.40 bits per heavy atom. The summed E-state index contributed by atoms with van der Waals surface area (Å²) < 4.78 is 5.95. The molecule has 3 atom stereocenters. The molecule has 1 saturated heterocycles. The van der Waals surface area contributed by atoms with Gasteiger partial charge in [-0.1, -0.05) is 6.92 Å². The van der Waals surface area contributed by atoms with E-state index >= 15 is 0 Å². The van der Waals surface area contributed by atoms with E-state index in [4.69, 9.17) is 16.3 Å². The summed E-state index contributed by atoms with van der Waals surface area (Å²) in [5.41, 5.74) is 0.298. The molecule has 2 aliphatic rings. The van der Waals surface area contributed by atoms with Crippen LogP contribution in [0.1, 0.15) is 52.4 Å². The maximum atomic E-state index is 6.08. The molecule has 1 aliphatic heterocycles. The SMILES string of the molecule is CC(Cl)CC(C)C1CCOC2(CCC2)C1. The molecule has 15 heavy (non-hydrogen) atoms. The van der Waals surface area contributed by atoms with Gasteiger partial charge in [-0.15, -0.1) is 11.6 Å². The van der Waals surface area contributed by atoms with Crippen LogP contribution in [0.5, 0.6) is 0 Å². The Balaban J connectivity index is 1.86. The van der Waals surface area contributed by atoms with E-state index in [2.05, 4.69) is 13.8 Å². The van der Waals surface area contributed by atoms with Gasteiger partial charge in [-0.2, -0.15) is 0 Å². The first-order chi connectivity index (χ1) is 7.11. The molecule has 2 fully saturated rings. The third-order valence-electron chi connectivity index (χ3n) is 4.30. The Labute approximate surface area is 98.5 Å². The van der Waals surface area contributed by atoms with Crippen LogP contribution in [-0.4, -0.2) is 17.6 Å². The standard InChI is InChI=1S/C13H23ClO/c1-10(8-11(2)14)12-4-7-15-13(9-12)5-3-6-13/h10-12H,3-9H2,1-2H3. The lowest BCUT2D eigenvalue weighted by Gasteiger charge is -2.48. The van der Waals surface area contributed by atoms with Crippen LogP contribution in [0.25, 0.3) is 0 Å². The van der Waals surface area contributed by atoms with Crippen molar-refractivity contribution in [3.8, 4) is 0 Å². The van der Waals surface area contributed by atoms with Crippen molar-refractivity contribution in [2.24, 2.45) is 11.8 Å². The predicted molar refractivity (Wildman–Crippen MR) is 64.4 cm³/mol. The van der Waals surface area contributed by atoms with E-state index < -0.39 is 0 Å². The van der Waals surface area contributed by atoms with E-state index in [0.29, 0.717) is 11.0 Å². The average Bonchev–Trinajstić information content (AvgIpc) is 2.14. The molecule has 0 amide bonds. The third-order valence-corrected chi connectivity index (χ3v) is 4.48. The second kappa shape index (κ2) is 4.63. The van der Waals surface area contributed by atoms with Gasteiger partial charge in [0.1, 0.15) is 0 Å². The van der Waals surface area contributed by atoms with Gasteiger partial charge in [0.15, 0.2) is 0 Å². The lowest BCUT2D eigenvalue weighted by atomic mass is 9.69. The quantitative estimate of drug-likeness (QED) is 0.667. The number of hydrogen-bond donors (Lipinski definition) is 0. The molecule has 1 heterocycles. The third kappa shape index (κ3) is 2.68. The number of ether oxygens (including phenoxy) is 1. The van der Waals surface area contributed by atoms with E-state index in [-0.39, 0.29) is 0 Å². The van der Waals surface area contributed by atoms with Gasteiger partial charge < -0.3 is 4.74 Å². The summed E-state index contributed by atoms with van der Waals surface area (Å²) in [6.07, 6.45) is 7.65. The zero-order valence-electron chi connectivity index (χ0n) is 9.97. The van der Waals surface area contributed by atoms with Gasteiger partial charge in [-0.25, -0.2) is 0 Å². The summed E-state index contributed by atoms with van der Waals surface area (Å²) in [5, 5.41) is 0.320. The molecule has 2 rings (SSSR count). The molecule has 1 saturated carbocycles. The highest BCUT2D eigenvalue weighted by molar-refractivity contribution is 6.20. The summed E-state index contributed by atoms with van der Waals surface area (Å²) in [6, 6.07) is 0. The first-order valence-electron chi connectivity index (χ1n) is 6.39. The van der Waals surface area contributed by atoms with Crippen LogP contribution in [0, 0.1) is 11.8 Å². The van der Waals surface area contributed by atoms with E-state index in [1.807, 2.05) is 0 Å². The van der Waals surface area contributed by atoms with Crippen LogP contribution in [0.2, 0.25) is 0 Å². The van der Waals surface area contributed by atoms with E-state index in [0.717, 1.165) is 24.9 Å². The topological polar surface area (TPSA) is 9.23 Å². The molecule has 0 aromatic heterocycles. The molecule has 1 nitrogen and oxygen atoms in total. The smallest absolute Gasteiger partial charge is 0.0685 e. The lowest BCUT2D eigenvalue weighted by molar-refractivity contribution is -0.149. The van der Waals surface area contributed by atoms with Crippen LogP contribution in [0.4, 0.5) is 0 Å². The second-order valence-corrected chi connectivity index (χ2v) is 6.38. The summed E-state index contributed by atoms with van der Waals surface area (Å²) in [5.74, 6) is 1.61. The normalized spacial score (nSPS) is 33.4. The summed E-state index contributed by atoms with van der Waals surface area (Å²) in [6.45, 7) is 5.45. The van der Waals surface area contributed by atoms with Crippen molar-refractivity contribution in [3.05, 3.63) is 0 Å². The molecule has 1 spiro atoms. The number of halogens is 1. The number of hydrogen-bond acceptors (Lipinski definition) is 1. The molecule has 88 valence electrons. The molecule has 3 unspecified atom stereocenters. The van der Waals surface area contributed by atoms with Gasteiger partial charge in [0.05, 0.1) is 5.60 Å². The minimum Gasteiger partial charge on any atom is -0.375 e. The fourth-order valence-electron chi connectivity index (χ4n) is 3.18. The maximum Gasteiger partial charge on any atom is 0.0685 e. The summed E-state index contributed by atoms with van der Waals surface area (Å²) in [7, 11) is 0. The summed E-state index contributed by atoms with van der Waals surface area (Å²) >= 11 is 6.08. The summed E-state index contributed by atoms with van der Waals surface area (Å²) in [4.78, 5) is 0. The minimum absolute atomic E-state index is 0.298. The molecule has 0 bridgehead atoms. The first-order valence-corrected chi connectivity index (χ1v) is 6.83. The first kappa shape index (κ1) is 11.7. The Kier molecular flexibility index (Phi) is 3.62. The second-order valence-electron chi connectivity index (χ2n) is 5.63.